The number of benzene rings is 1. The highest BCUT2D eigenvalue weighted by Crippen LogP contribution is 2.27. The molecule has 4 rings (SSSR count). The summed E-state index contributed by atoms with van der Waals surface area (Å²) in [4.78, 5) is 24.2. The molecule has 0 aliphatic rings. The second-order valence-electron chi connectivity index (χ2n) is 6.43. The van der Waals surface area contributed by atoms with Crippen LogP contribution in [0.2, 0.25) is 10.0 Å². The molecule has 0 saturated heterocycles. The van der Waals surface area contributed by atoms with Crippen molar-refractivity contribution in [1.29, 1.82) is 0 Å². The molecule has 0 aliphatic heterocycles. The number of ketones is 1. The van der Waals surface area contributed by atoms with Crippen molar-refractivity contribution >= 4 is 55.7 Å². The van der Waals surface area contributed by atoms with Crippen LogP contribution in [-0.4, -0.2) is 29.2 Å². The first kappa shape index (κ1) is 19.0. The number of hydrogen-bond donors (Lipinski definition) is 2. The summed E-state index contributed by atoms with van der Waals surface area (Å²) in [6.45, 7) is 1.68. The normalized spacial score (nSPS) is 12.0. The van der Waals surface area contributed by atoms with Gasteiger partial charge in [0.1, 0.15) is 11.3 Å². The zero-order chi connectivity index (χ0) is 22.3. The third-order valence-corrected chi connectivity index (χ3v) is 6.39. The Morgan fingerprint density at radius 2 is 1.97 bits per heavy atom. The maximum absolute atomic E-state index is 13.3. The van der Waals surface area contributed by atoms with Crippen LogP contribution in [0.5, 0.6) is 0 Å². The van der Waals surface area contributed by atoms with Crippen molar-refractivity contribution in [2.24, 2.45) is 0 Å². The quantitative estimate of drug-likeness (QED) is 0.422. The van der Waals surface area contributed by atoms with Gasteiger partial charge in [0.15, 0.2) is 0 Å². The minimum Gasteiger partial charge on any atom is -0.346 e. The van der Waals surface area contributed by atoms with Gasteiger partial charge in [0.25, 0.3) is 10.0 Å². The average molecular weight is 462 g/mol. The molecule has 152 valence electrons. The van der Waals surface area contributed by atoms with Crippen molar-refractivity contribution < 1.29 is 14.6 Å². The van der Waals surface area contributed by atoms with E-state index in [9.17, 15) is 13.2 Å². The molecule has 0 spiro atoms. The fourth-order valence-electron chi connectivity index (χ4n) is 2.91. The van der Waals surface area contributed by atoms with E-state index in [2.05, 4.69) is 19.7 Å². The molecule has 0 bridgehead atoms. The third kappa shape index (κ3) is 3.77. The van der Waals surface area contributed by atoms with Crippen LogP contribution in [0.3, 0.4) is 0 Å². The Hall–Kier alpha value is -2.94. The number of fused-ring (bicyclic) bond motifs is 1. The molecule has 4 aromatic rings. The highest BCUT2D eigenvalue weighted by molar-refractivity contribution is 7.92. The monoisotopic (exact) mass is 461 g/mol. The Kier molecular flexibility index (Phi) is 4.90. The number of nitrogens with one attached hydrogen (secondary N) is 2. The fourth-order valence-corrected chi connectivity index (χ4v) is 4.33. The van der Waals surface area contributed by atoms with Crippen LogP contribution in [-0.2, 0) is 10.0 Å². The first-order chi connectivity index (χ1) is 14.7. The van der Waals surface area contributed by atoms with E-state index in [1.165, 1.54) is 36.5 Å². The van der Waals surface area contributed by atoms with Crippen LogP contribution < -0.4 is 4.72 Å². The van der Waals surface area contributed by atoms with Crippen LogP contribution in [0, 0.1) is 6.92 Å². The number of sulfonamides is 1. The van der Waals surface area contributed by atoms with Gasteiger partial charge in [0, 0.05) is 34.5 Å². The summed E-state index contributed by atoms with van der Waals surface area (Å²) in [7, 11) is -4.06. The molecule has 0 amide bonds. The number of aromatic nitrogens is 3. The van der Waals surface area contributed by atoms with Gasteiger partial charge in [0.2, 0.25) is 5.78 Å². The van der Waals surface area contributed by atoms with Crippen LogP contribution in [0.25, 0.3) is 11.0 Å². The number of anilines is 1. The van der Waals surface area contributed by atoms with Gasteiger partial charge in [-0.25, -0.2) is 18.4 Å². The lowest BCUT2D eigenvalue weighted by atomic mass is 10.0. The number of carbonyl (C=O) groups excluding carboxylic acids is 1. The lowest BCUT2D eigenvalue weighted by Crippen LogP contribution is -2.17. The molecule has 0 atom stereocenters. The Balaban J connectivity index is 1.80. The van der Waals surface area contributed by atoms with Crippen LogP contribution >= 0.6 is 23.2 Å². The lowest BCUT2D eigenvalue weighted by Gasteiger charge is -2.13. The predicted molar refractivity (Wildman–Crippen MR) is 116 cm³/mol. The number of aryl methyl sites for hydroxylation is 1. The molecule has 3 heterocycles. The molecular formula is C20H14Cl2N4O3S. The van der Waals surface area contributed by atoms with Gasteiger partial charge in [-0.05, 0) is 48.9 Å². The first-order valence-electron chi connectivity index (χ1n) is 9.09. The van der Waals surface area contributed by atoms with Crippen molar-refractivity contribution in [1.82, 2.24) is 15.0 Å². The highest BCUT2D eigenvalue weighted by Gasteiger charge is 2.23. The molecule has 0 aliphatic carbocycles. The fraction of sp³-hybridized carbons (Fsp3) is 0.0500. The summed E-state index contributed by atoms with van der Waals surface area (Å²) in [5.41, 5.74) is 0.862. The van der Waals surface area contributed by atoms with E-state index in [1.54, 1.807) is 19.2 Å². The zero-order valence-corrected chi connectivity index (χ0v) is 17.7. The van der Waals surface area contributed by atoms with Gasteiger partial charge in [0.05, 0.1) is 17.0 Å². The van der Waals surface area contributed by atoms with Gasteiger partial charge in [-0.2, -0.15) is 0 Å². The average Bonchev–Trinajstić information content (AvgIpc) is 3.17. The van der Waals surface area contributed by atoms with E-state index in [1.807, 2.05) is 0 Å². The van der Waals surface area contributed by atoms with Crippen molar-refractivity contribution in [3.8, 4) is 0 Å². The standard InChI is InChI=1S/C20H14Cl2N4O3S/c1-11-8-13(2-3-16(11)22)30(28,29)26-17-9-12(21)10-25-18(17)19(27)14-4-6-23-20-15(14)5-7-24-20/h2-10,26H,1H3,(H,23,24)/i6D. The number of halogens is 2. The van der Waals surface area contributed by atoms with E-state index < -0.39 is 15.8 Å². The second-order valence-corrected chi connectivity index (χ2v) is 8.96. The Morgan fingerprint density at radius 1 is 1.17 bits per heavy atom. The number of carbonyl (C=O) groups is 1. The molecular weight excluding hydrogens is 447 g/mol. The molecule has 1 aromatic carbocycles. The SMILES string of the molecule is [2H]c1cc(C(=O)c2ncc(Cl)cc2NS(=O)(=O)c2ccc(Cl)c(C)c2)c2cc[nH]c2n1. The zero-order valence-electron chi connectivity index (χ0n) is 16.4. The van der Waals surface area contributed by atoms with Gasteiger partial charge >= 0.3 is 0 Å². The summed E-state index contributed by atoms with van der Waals surface area (Å²) in [5, 5.41) is 1.06. The largest absolute Gasteiger partial charge is 0.346 e. The molecule has 3 aromatic heterocycles. The van der Waals surface area contributed by atoms with E-state index in [-0.39, 0.29) is 33.0 Å². The van der Waals surface area contributed by atoms with Gasteiger partial charge in [-0.3, -0.25) is 9.52 Å². The Bertz CT molecular complexity index is 1450. The van der Waals surface area contributed by atoms with E-state index >= 15 is 0 Å². The molecule has 0 fully saturated rings. The van der Waals surface area contributed by atoms with Gasteiger partial charge in [-0.15, -0.1) is 0 Å². The van der Waals surface area contributed by atoms with Gasteiger partial charge < -0.3 is 4.98 Å². The maximum Gasteiger partial charge on any atom is 0.261 e. The number of hydrogen-bond acceptors (Lipinski definition) is 5. The van der Waals surface area contributed by atoms with Crippen LogP contribution in [0.4, 0.5) is 5.69 Å². The number of rotatable bonds is 5. The van der Waals surface area contributed by atoms with Gasteiger partial charge in [-0.1, -0.05) is 23.2 Å². The third-order valence-electron chi connectivity index (χ3n) is 4.40. The molecule has 7 nitrogen and oxygen atoms in total. The Labute approximate surface area is 183 Å². The molecule has 0 unspecified atom stereocenters. The maximum atomic E-state index is 13.3. The van der Waals surface area contributed by atoms with Crippen molar-refractivity contribution in [2.75, 3.05) is 4.72 Å². The summed E-state index contributed by atoms with van der Waals surface area (Å²) in [6.07, 6.45) is 2.72. The molecule has 2 N–H and O–H groups in total. The summed E-state index contributed by atoms with van der Waals surface area (Å²) < 4.78 is 36.1. The summed E-state index contributed by atoms with van der Waals surface area (Å²) in [5.74, 6) is -0.581. The second kappa shape index (κ2) is 7.71. The van der Waals surface area contributed by atoms with Crippen LogP contribution in [0.1, 0.15) is 23.0 Å². The Morgan fingerprint density at radius 3 is 2.73 bits per heavy atom. The minimum atomic E-state index is -4.06. The van der Waals surface area contributed by atoms with Crippen molar-refractivity contribution in [3.05, 3.63) is 81.8 Å². The minimum absolute atomic E-state index is 0.0295. The van der Waals surface area contributed by atoms with Crippen LogP contribution in [0.15, 0.2) is 59.9 Å². The van der Waals surface area contributed by atoms with E-state index in [0.717, 1.165) is 0 Å². The first-order valence-corrected chi connectivity index (χ1v) is 10.8. The number of aromatic amines is 1. The molecule has 30 heavy (non-hydrogen) atoms. The topological polar surface area (TPSA) is 105 Å². The lowest BCUT2D eigenvalue weighted by molar-refractivity contribution is 0.103. The van der Waals surface area contributed by atoms with E-state index in [4.69, 9.17) is 24.6 Å². The number of pyridine rings is 2. The highest BCUT2D eigenvalue weighted by atomic mass is 35.5. The number of H-pyrrole nitrogens is 1. The summed E-state index contributed by atoms with van der Waals surface area (Å²) in [6, 6.07) is 8.50. The van der Waals surface area contributed by atoms with E-state index in [0.29, 0.717) is 21.6 Å². The smallest absolute Gasteiger partial charge is 0.261 e. The molecule has 0 saturated carbocycles. The van der Waals surface area contributed by atoms with Crippen molar-refractivity contribution in [2.45, 2.75) is 11.8 Å². The van der Waals surface area contributed by atoms with Crippen molar-refractivity contribution in [3.63, 3.8) is 0 Å². The number of nitrogens with zero attached hydrogens (tertiary/aromatic N) is 2. The molecule has 10 heteroatoms. The summed E-state index contributed by atoms with van der Waals surface area (Å²) >= 11 is 12.0. The molecule has 0 radical (unpaired) electrons. The predicted octanol–water partition coefficient (Wildman–Crippen LogP) is 4.60.